The molecule has 1 heterocycles. The monoisotopic (exact) mass is 291 g/mol. The standard InChI is InChI=1S/C19H21N3/c1-14-7-5-6-10-18(14)22-19-16(12-20)11-17(13-21-19)15-8-3-2-4-9-15/h2-4,8-9,11,13-14,18H,5-7,10H2,1H3,(H,21,22). The molecule has 1 aliphatic rings. The van der Waals surface area contributed by atoms with Crippen LogP contribution >= 0.6 is 0 Å². The zero-order valence-corrected chi connectivity index (χ0v) is 12.9. The maximum absolute atomic E-state index is 9.46. The predicted molar refractivity (Wildman–Crippen MR) is 89.4 cm³/mol. The van der Waals surface area contributed by atoms with E-state index in [4.69, 9.17) is 0 Å². The number of nitrogens with one attached hydrogen (secondary N) is 1. The molecule has 0 radical (unpaired) electrons. The molecular formula is C19H21N3. The summed E-state index contributed by atoms with van der Waals surface area (Å²) in [7, 11) is 0. The third-order valence-electron chi connectivity index (χ3n) is 4.55. The van der Waals surface area contributed by atoms with Crippen molar-refractivity contribution < 1.29 is 0 Å². The lowest BCUT2D eigenvalue weighted by atomic mass is 9.86. The Morgan fingerprint density at radius 2 is 1.91 bits per heavy atom. The fourth-order valence-corrected chi connectivity index (χ4v) is 3.16. The lowest BCUT2D eigenvalue weighted by Gasteiger charge is -2.30. The van der Waals surface area contributed by atoms with E-state index in [0.29, 0.717) is 17.5 Å². The molecule has 112 valence electrons. The number of hydrogen-bond acceptors (Lipinski definition) is 3. The molecule has 3 nitrogen and oxygen atoms in total. The van der Waals surface area contributed by atoms with Crippen LogP contribution < -0.4 is 5.32 Å². The van der Waals surface area contributed by atoms with E-state index >= 15 is 0 Å². The third-order valence-corrected chi connectivity index (χ3v) is 4.55. The highest BCUT2D eigenvalue weighted by Gasteiger charge is 2.22. The predicted octanol–water partition coefficient (Wildman–Crippen LogP) is 4.61. The Bertz CT molecular complexity index is 673. The molecule has 2 atom stereocenters. The number of anilines is 1. The van der Waals surface area contributed by atoms with Gasteiger partial charge in [-0.3, -0.25) is 0 Å². The minimum Gasteiger partial charge on any atom is -0.366 e. The number of rotatable bonds is 3. The summed E-state index contributed by atoms with van der Waals surface area (Å²) in [6.45, 7) is 2.28. The number of nitrogens with zero attached hydrogens (tertiary/aromatic N) is 2. The summed E-state index contributed by atoms with van der Waals surface area (Å²) in [6, 6.07) is 14.7. The third kappa shape index (κ3) is 3.12. The Labute approximate surface area is 132 Å². The lowest BCUT2D eigenvalue weighted by Crippen LogP contribution is -2.31. The molecule has 0 bridgehead atoms. The molecule has 1 saturated carbocycles. The van der Waals surface area contributed by atoms with E-state index < -0.39 is 0 Å². The van der Waals surface area contributed by atoms with Gasteiger partial charge in [0.25, 0.3) is 0 Å². The maximum atomic E-state index is 9.46. The first-order chi connectivity index (χ1) is 10.8. The van der Waals surface area contributed by atoms with E-state index in [0.717, 1.165) is 23.4 Å². The summed E-state index contributed by atoms with van der Waals surface area (Å²) in [6.07, 6.45) is 6.83. The molecule has 1 aromatic heterocycles. The van der Waals surface area contributed by atoms with Gasteiger partial charge < -0.3 is 5.32 Å². The van der Waals surface area contributed by atoms with Crippen LogP contribution in [-0.4, -0.2) is 11.0 Å². The van der Waals surface area contributed by atoms with Gasteiger partial charge in [0.2, 0.25) is 0 Å². The van der Waals surface area contributed by atoms with Gasteiger partial charge in [-0.25, -0.2) is 4.98 Å². The summed E-state index contributed by atoms with van der Waals surface area (Å²) in [5, 5.41) is 13.0. The van der Waals surface area contributed by atoms with Gasteiger partial charge in [0.15, 0.2) is 0 Å². The molecule has 3 heteroatoms. The van der Waals surface area contributed by atoms with Crippen LogP contribution in [0.15, 0.2) is 42.6 Å². The quantitative estimate of drug-likeness (QED) is 0.898. The molecule has 2 aromatic rings. The number of pyridine rings is 1. The van der Waals surface area contributed by atoms with Crippen molar-refractivity contribution in [1.82, 2.24) is 4.98 Å². The van der Waals surface area contributed by atoms with Crippen molar-refractivity contribution in [2.24, 2.45) is 5.92 Å². The average molecular weight is 291 g/mol. The smallest absolute Gasteiger partial charge is 0.144 e. The molecular weight excluding hydrogens is 270 g/mol. The Morgan fingerprint density at radius 1 is 1.14 bits per heavy atom. The Balaban J connectivity index is 1.85. The van der Waals surface area contributed by atoms with E-state index in [-0.39, 0.29) is 0 Å². The number of benzene rings is 1. The van der Waals surface area contributed by atoms with Gasteiger partial charge in [0.1, 0.15) is 11.9 Å². The van der Waals surface area contributed by atoms with Gasteiger partial charge >= 0.3 is 0 Å². The van der Waals surface area contributed by atoms with Crippen molar-refractivity contribution in [1.29, 1.82) is 5.26 Å². The molecule has 0 amide bonds. The molecule has 2 unspecified atom stereocenters. The highest BCUT2D eigenvalue weighted by molar-refractivity contribution is 5.67. The van der Waals surface area contributed by atoms with Gasteiger partial charge in [-0.2, -0.15) is 5.26 Å². The molecule has 1 aliphatic carbocycles. The fourth-order valence-electron chi connectivity index (χ4n) is 3.16. The maximum Gasteiger partial charge on any atom is 0.144 e. The number of hydrogen-bond donors (Lipinski definition) is 1. The van der Waals surface area contributed by atoms with E-state index in [1.807, 2.05) is 42.6 Å². The lowest BCUT2D eigenvalue weighted by molar-refractivity contribution is 0.349. The van der Waals surface area contributed by atoms with Crippen LogP contribution in [0.1, 0.15) is 38.2 Å². The van der Waals surface area contributed by atoms with Gasteiger partial charge in [0, 0.05) is 17.8 Å². The fraction of sp³-hybridized carbons (Fsp3) is 0.368. The number of aromatic nitrogens is 1. The Kier molecular flexibility index (Phi) is 4.39. The molecule has 1 N–H and O–H groups in total. The first kappa shape index (κ1) is 14.6. The minimum atomic E-state index is 0.427. The van der Waals surface area contributed by atoms with E-state index in [9.17, 15) is 5.26 Å². The summed E-state index contributed by atoms with van der Waals surface area (Å²) in [4.78, 5) is 4.52. The first-order valence-electron chi connectivity index (χ1n) is 8.00. The SMILES string of the molecule is CC1CCCCC1Nc1ncc(-c2ccccc2)cc1C#N. The van der Waals surface area contributed by atoms with Gasteiger partial charge in [-0.05, 0) is 30.4 Å². The highest BCUT2D eigenvalue weighted by atomic mass is 15.0. The molecule has 0 spiro atoms. The molecule has 1 aromatic carbocycles. The number of nitriles is 1. The first-order valence-corrected chi connectivity index (χ1v) is 8.00. The van der Waals surface area contributed by atoms with Crippen molar-refractivity contribution in [2.45, 2.75) is 38.6 Å². The average Bonchev–Trinajstić information content (AvgIpc) is 2.58. The summed E-state index contributed by atoms with van der Waals surface area (Å²) in [5.74, 6) is 1.36. The summed E-state index contributed by atoms with van der Waals surface area (Å²) in [5.41, 5.74) is 2.70. The van der Waals surface area contributed by atoms with Crippen molar-refractivity contribution in [3.63, 3.8) is 0 Å². The Hall–Kier alpha value is -2.34. The van der Waals surface area contributed by atoms with Crippen LogP contribution in [0, 0.1) is 17.2 Å². The largest absolute Gasteiger partial charge is 0.366 e. The van der Waals surface area contributed by atoms with Crippen molar-refractivity contribution in [3.05, 3.63) is 48.2 Å². The van der Waals surface area contributed by atoms with Crippen LogP contribution in [0.5, 0.6) is 0 Å². The highest BCUT2D eigenvalue weighted by Crippen LogP contribution is 2.28. The second-order valence-electron chi connectivity index (χ2n) is 6.11. The second-order valence-corrected chi connectivity index (χ2v) is 6.11. The summed E-state index contributed by atoms with van der Waals surface area (Å²) < 4.78 is 0. The zero-order valence-electron chi connectivity index (χ0n) is 12.9. The normalized spacial score (nSPS) is 21.1. The summed E-state index contributed by atoms with van der Waals surface area (Å²) >= 11 is 0. The molecule has 0 aliphatic heterocycles. The van der Waals surface area contributed by atoms with Crippen molar-refractivity contribution in [2.75, 3.05) is 5.32 Å². The van der Waals surface area contributed by atoms with E-state index in [1.165, 1.54) is 19.3 Å². The molecule has 3 rings (SSSR count). The molecule has 0 saturated heterocycles. The van der Waals surface area contributed by atoms with Gasteiger partial charge in [-0.1, -0.05) is 50.1 Å². The van der Waals surface area contributed by atoms with Crippen molar-refractivity contribution >= 4 is 5.82 Å². The van der Waals surface area contributed by atoms with E-state index in [2.05, 4.69) is 23.3 Å². The van der Waals surface area contributed by atoms with Crippen LogP contribution in [-0.2, 0) is 0 Å². The minimum absolute atomic E-state index is 0.427. The van der Waals surface area contributed by atoms with E-state index in [1.54, 1.807) is 0 Å². The zero-order chi connectivity index (χ0) is 15.4. The topological polar surface area (TPSA) is 48.7 Å². The molecule has 22 heavy (non-hydrogen) atoms. The molecule has 1 fully saturated rings. The van der Waals surface area contributed by atoms with Crippen LogP contribution in [0.25, 0.3) is 11.1 Å². The van der Waals surface area contributed by atoms with Crippen LogP contribution in [0.3, 0.4) is 0 Å². The van der Waals surface area contributed by atoms with Gasteiger partial charge in [-0.15, -0.1) is 0 Å². The van der Waals surface area contributed by atoms with Crippen molar-refractivity contribution in [3.8, 4) is 17.2 Å². The Morgan fingerprint density at radius 3 is 2.64 bits per heavy atom. The van der Waals surface area contributed by atoms with Crippen LogP contribution in [0.4, 0.5) is 5.82 Å². The second kappa shape index (κ2) is 6.62. The van der Waals surface area contributed by atoms with Gasteiger partial charge in [0.05, 0.1) is 5.56 Å². The van der Waals surface area contributed by atoms with Crippen LogP contribution in [0.2, 0.25) is 0 Å².